The van der Waals surface area contributed by atoms with Crippen LogP contribution >= 0.6 is 0 Å². The van der Waals surface area contributed by atoms with Gasteiger partial charge in [0.2, 0.25) is 0 Å². The highest BCUT2D eigenvalue weighted by Gasteiger charge is 2.26. The Morgan fingerprint density at radius 1 is 0.446 bits per heavy atom. The Labute approximate surface area is 321 Å². The van der Waals surface area contributed by atoms with Crippen molar-refractivity contribution in [2.45, 2.75) is 0 Å². The molecular formula is C51H31N3O2. The van der Waals surface area contributed by atoms with E-state index in [2.05, 4.69) is 164 Å². The van der Waals surface area contributed by atoms with Gasteiger partial charge in [0.25, 0.3) is 0 Å². The summed E-state index contributed by atoms with van der Waals surface area (Å²) in [5.41, 5.74) is 7.90. The van der Waals surface area contributed by atoms with E-state index in [-0.39, 0.29) is 5.92 Å². The Bertz CT molecular complexity index is 3400. The molecule has 0 aliphatic heterocycles. The van der Waals surface area contributed by atoms with E-state index in [0.29, 0.717) is 23.4 Å². The molecule has 12 rings (SSSR count). The summed E-state index contributed by atoms with van der Waals surface area (Å²) in [5, 5.41) is 8.75. The van der Waals surface area contributed by atoms with Crippen molar-refractivity contribution in [1.82, 2.24) is 15.0 Å². The van der Waals surface area contributed by atoms with Gasteiger partial charge in [0.15, 0.2) is 17.5 Å². The minimum atomic E-state index is 0.225. The maximum Gasteiger partial charge on any atom is 0.165 e. The predicted molar refractivity (Wildman–Crippen MR) is 228 cm³/mol. The highest BCUT2D eigenvalue weighted by Crippen LogP contribution is 2.46. The lowest BCUT2D eigenvalue weighted by molar-refractivity contribution is 0.662. The topological polar surface area (TPSA) is 65.0 Å². The standard InChI is InChI=1S/C51H31N3O2/c1-3-13-33-28-35(22-20-30(33)10-1)49-52-50(36-23-21-31-11-2-4-14-34(31)29-36)54-51(53-49)47-38(25-27-44-46(47)40-16-7-8-19-42(40)55-44)39-17-9-18-41-45-37-15-6-5-12-32(37)24-26-43(45)56-48(39)41/h1-30,33H. The number of hydrogen-bond acceptors (Lipinski definition) is 5. The molecule has 0 amide bonds. The van der Waals surface area contributed by atoms with E-state index >= 15 is 0 Å². The van der Waals surface area contributed by atoms with Gasteiger partial charge in [-0.2, -0.15) is 0 Å². The Hall–Kier alpha value is -7.37. The molecule has 3 heterocycles. The van der Waals surface area contributed by atoms with Crippen LogP contribution in [-0.4, -0.2) is 15.0 Å². The third-order valence-electron chi connectivity index (χ3n) is 11.4. The molecule has 0 fully saturated rings. The van der Waals surface area contributed by atoms with Crippen LogP contribution in [0.15, 0.2) is 185 Å². The fraction of sp³-hybridized carbons (Fsp3) is 0.0392. The van der Waals surface area contributed by atoms with Crippen molar-refractivity contribution in [1.29, 1.82) is 0 Å². The number of rotatable bonds is 4. The number of aromatic nitrogens is 3. The Morgan fingerprint density at radius 3 is 2.09 bits per heavy atom. The average molecular weight is 718 g/mol. The molecule has 3 aromatic heterocycles. The molecule has 2 aliphatic carbocycles. The second kappa shape index (κ2) is 12.1. The lowest BCUT2D eigenvalue weighted by atomic mass is 9.83. The molecule has 2 unspecified atom stereocenters. The zero-order valence-electron chi connectivity index (χ0n) is 30.1. The smallest absolute Gasteiger partial charge is 0.165 e. The number of hydrogen-bond donors (Lipinski definition) is 0. The van der Waals surface area contributed by atoms with E-state index in [9.17, 15) is 0 Å². The van der Waals surface area contributed by atoms with Crippen LogP contribution in [0, 0.1) is 11.8 Å². The summed E-state index contributed by atoms with van der Waals surface area (Å²) >= 11 is 0. The summed E-state index contributed by atoms with van der Waals surface area (Å²) in [5.74, 6) is 2.33. The fourth-order valence-corrected chi connectivity index (χ4v) is 8.76. The van der Waals surface area contributed by atoms with Crippen molar-refractivity contribution in [3.8, 4) is 33.9 Å². The van der Waals surface area contributed by atoms with Crippen molar-refractivity contribution in [2.75, 3.05) is 0 Å². The van der Waals surface area contributed by atoms with Gasteiger partial charge in [-0.05, 0) is 57.4 Å². The first-order valence-corrected chi connectivity index (χ1v) is 19.0. The zero-order chi connectivity index (χ0) is 36.7. The monoisotopic (exact) mass is 717 g/mol. The number of benzene rings is 7. The molecule has 0 bridgehead atoms. The van der Waals surface area contributed by atoms with Crippen molar-refractivity contribution in [3.05, 3.63) is 182 Å². The summed E-state index contributed by atoms with van der Waals surface area (Å²) < 4.78 is 13.3. The largest absolute Gasteiger partial charge is 0.456 e. The first-order valence-electron chi connectivity index (χ1n) is 19.0. The molecule has 262 valence electrons. The van der Waals surface area contributed by atoms with Gasteiger partial charge in [-0.25, -0.2) is 15.0 Å². The number of furan rings is 2. The van der Waals surface area contributed by atoms with Crippen LogP contribution in [0.1, 0.15) is 5.82 Å². The van der Waals surface area contributed by atoms with Gasteiger partial charge >= 0.3 is 0 Å². The molecule has 2 aliphatic rings. The molecular weight excluding hydrogens is 687 g/mol. The molecule has 2 atom stereocenters. The molecule has 7 aromatic carbocycles. The number of nitrogens with zero attached hydrogens (tertiary/aromatic N) is 3. The van der Waals surface area contributed by atoms with Gasteiger partial charge in [-0.1, -0.05) is 146 Å². The molecule has 56 heavy (non-hydrogen) atoms. The van der Waals surface area contributed by atoms with E-state index in [4.69, 9.17) is 23.8 Å². The van der Waals surface area contributed by atoms with E-state index in [1.165, 1.54) is 10.8 Å². The SMILES string of the molecule is C1=CC2C=CC(c3nc(-c4ccc5ccccc5c4)nc(-c4c(-c5cccc6c5oc5ccc7ccccc7c56)ccc5oc6ccccc6c45)n3)=CC2C=C1. The van der Waals surface area contributed by atoms with E-state index < -0.39 is 0 Å². The van der Waals surface area contributed by atoms with Gasteiger partial charge in [0.05, 0.1) is 0 Å². The van der Waals surface area contributed by atoms with Gasteiger partial charge < -0.3 is 8.83 Å². The van der Waals surface area contributed by atoms with Gasteiger partial charge in [-0.3, -0.25) is 0 Å². The molecule has 0 spiro atoms. The lowest BCUT2D eigenvalue weighted by Gasteiger charge is -2.23. The molecule has 0 N–H and O–H groups in total. The second-order valence-corrected chi connectivity index (χ2v) is 14.7. The highest BCUT2D eigenvalue weighted by atomic mass is 16.3. The van der Waals surface area contributed by atoms with Crippen LogP contribution < -0.4 is 0 Å². The average Bonchev–Trinajstić information content (AvgIpc) is 3.85. The lowest BCUT2D eigenvalue weighted by Crippen LogP contribution is -2.12. The molecule has 5 heteroatoms. The Balaban J connectivity index is 1.17. The van der Waals surface area contributed by atoms with Crippen molar-refractivity contribution >= 4 is 71.0 Å². The van der Waals surface area contributed by atoms with E-state index in [0.717, 1.165) is 82.5 Å². The summed E-state index contributed by atoms with van der Waals surface area (Å²) in [6, 6.07) is 46.3. The van der Waals surface area contributed by atoms with Gasteiger partial charge in [0, 0.05) is 55.6 Å². The number of para-hydroxylation sites is 2. The summed E-state index contributed by atoms with van der Waals surface area (Å²) in [6.07, 6.45) is 15.4. The summed E-state index contributed by atoms with van der Waals surface area (Å²) in [7, 11) is 0. The molecule has 0 saturated carbocycles. The minimum Gasteiger partial charge on any atom is -0.456 e. The first-order chi connectivity index (χ1) is 27.7. The normalized spacial score (nSPS) is 16.5. The number of fused-ring (bicyclic) bond motifs is 10. The highest BCUT2D eigenvalue weighted by molar-refractivity contribution is 6.22. The maximum absolute atomic E-state index is 6.81. The van der Waals surface area contributed by atoms with Crippen LogP contribution in [0.4, 0.5) is 0 Å². The van der Waals surface area contributed by atoms with Crippen LogP contribution in [0.25, 0.3) is 105 Å². The fourth-order valence-electron chi connectivity index (χ4n) is 8.76. The molecule has 10 aromatic rings. The molecule has 0 radical (unpaired) electrons. The Morgan fingerprint density at radius 2 is 1.16 bits per heavy atom. The van der Waals surface area contributed by atoms with Crippen molar-refractivity contribution < 1.29 is 8.83 Å². The van der Waals surface area contributed by atoms with Crippen LogP contribution in [-0.2, 0) is 0 Å². The molecule has 0 saturated heterocycles. The quantitative estimate of drug-likeness (QED) is 0.181. The van der Waals surface area contributed by atoms with Gasteiger partial charge in [0.1, 0.15) is 22.3 Å². The Kier molecular flexibility index (Phi) is 6.69. The third kappa shape index (κ3) is 4.77. The molecule has 5 nitrogen and oxygen atoms in total. The predicted octanol–water partition coefficient (Wildman–Crippen LogP) is 13.3. The van der Waals surface area contributed by atoms with Crippen LogP contribution in [0.3, 0.4) is 0 Å². The van der Waals surface area contributed by atoms with E-state index in [1.54, 1.807) is 0 Å². The number of allylic oxidation sites excluding steroid dienone is 8. The minimum absolute atomic E-state index is 0.225. The summed E-state index contributed by atoms with van der Waals surface area (Å²) in [4.78, 5) is 16.0. The van der Waals surface area contributed by atoms with Crippen LogP contribution in [0.2, 0.25) is 0 Å². The van der Waals surface area contributed by atoms with Crippen LogP contribution in [0.5, 0.6) is 0 Å². The van der Waals surface area contributed by atoms with Gasteiger partial charge in [-0.15, -0.1) is 0 Å². The maximum atomic E-state index is 6.81. The van der Waals surface area contributed by atoms with Crippen molar-refractivity contribution in [3.63, 3.8) is 0 Å². The zero-order valence-corrected chi connectivity index (χ0v) is 30.1. The first kappa shape index (κ1) is 31.0. The van der Waals surface area contributed by atoms with Crippen molar-refractivity contribution in [2.24, 2.45) is 11.8 Å². The third-order valence-corrected chi connectivity index (χ3v) is 11.4. The van der Waals surface area contributed by atoms with E-state index in [1.807, 2.05) is 12.1 Å². The second-order valence-electron chi connectivity index (χ2n) is 14.7. The summed E-state index contributed by atoms with van der Waals surface area (Å²) in [6.45, 7) is 0.